The molecule has 0 amide bonds. The second kappa shape index (κ2) is 7.68. The number of aliphatic hydroxyl groups is 1. The highest BCUT2D eigenvalue weighted by molar-refractivity contribution is 5.90. The van der Waals surface area contributed by atoms with Crippen molar-refractivity contribution in [3.63, 3.8) is 0 Å². The van der Waals surface area contributed by atoms with Gasteiger partial charge in [-0.2, -0.15) is 0 Å². The van der Waals surface area contributed by atoms with E-state index < -0.39 is 28.3 Å². The van der Waals surface area contributed by atoms with Gasteiger partial charge in [0.25, 0.3) is 0 Å². The number of aldehydes is 1. The van der Waals surface area contributed by atoms with Gasteiger partial charge in [-0.05, 0) is 67.6 Å². The van der Waals surface area contributed by atoms with Crippen molar-refractivity contribution in [3.8, 4) is 0 Å². The van der Waals surface area contributed by atoms with Crippen LogP contribution in [-0.4, -0.2) is 28.6 Å². The Morgan fingerprint density at radius 2 is 1.88 bits per heavy atom. The van der Waals surface area contributed by atoms with Crippen molar-refractivity contribution in [2.75, 3.05) is 0 Å². The lowest BCUT2D eigenvalue weighted by atomic mass is 9.41. The van der Waals surface area contributed by atoms with E-state index >= 15 is 0 Å². The molecule has 0 saturated heterocycles. The molecule has 8 atom stereocenters. The van der Waals surface area contributed by atoms with Gasteiger partial charge in [-0.1, -0.05) is 70.9 Å². The molecule has 4 unspecified atom stereocenters. The van der Waals surface area contributed by atoms with Crippen molar-refractivity contribution < 1.29 is 19.8 Å². The molecular weight excluding hydrogens is 400 g/mol. The van der Waals surface area contributed by atoms with Gasteiger partial charge in [-0.15, -0.1) is 0 Å². The number of carbonyl (C=O) groups is 2. The molecule has 178 valence electrons. The van der Waals surface area contributed by atoms with E-state index in [2.05, 4.69) is 26.8 Å². The standard InChI is InChI=1S/C28H42O4/c1-17(2)23-13-20-14-26(16-29)22-11-9-18(3)21(22)15-27(20,28(23,26)25(31)32)24(30)12-10-19-7-5-4-6-8-19/h13,16-22,24,30H,4-12,14-15H2,1-3H3,(H,31,32)/t18-,20?,21-,22-,24?,26?,27?,28+/m1/s1. The Labute approximate surface area is 193 Å². The van der Waals surface area contributed by atoms with E-state index in [1.54, 1.807) is 0 Å². The Balaban J connectivity index is 1.61. The first kappa shape index (κ1) is 22.6. The Morgan fingerprint density at radius 1 is 1.16 bits per heavy atom. The van der Waals surface area contributed by atoms with Crippen LogP contribution in [0.3, 0.4) is 0 Å². The molecule has 0 spiro atoms. The Kier molecular flexibility index (Phi) is 5.43. The number of hydrogen-bond acceptors (Lipinski definition) is 3. The molecular formula is C28H42O4. The summed E-state index contributed by atoms with van der Waals surface area (Å²) in [4.78, 5) is 26.5. The molecule has 5 rings (SSSR count). The second-order valence-electron chi connectivity index (χ2n) is 12.5. The monoisotopic (exact) mass is 442 g/mol. The minimum Gasteiger partial charge on any atom is -0.481 e. The second-order valence-corrected chi connectivity index (χ2v) is 12.5. The van der Waals surface area contributed by atoms with Crippen LogP contribution >= 0.6 is 0 Å². The van der Waals surface area contributed by atoms with Gasteiger partial charge in [-0.25, -0.2) is 0 Å². The highest BCUT2D eigenvalue weighted by atomic mass is 16.4. The van der Waals surface area contributed by atoms with Crippen molar-refractivity contribution in [3.05, 3.63) is 11.6 Å². The van der Waals surface area contributed by atoms with E-state index in [0.717, 1.165) is 37.5 Å². The number of fused-ring (bicyclic) bond motifs is 2. The zero-order valence-electron chi connectivity index (χ0n) is 20.2. The van der Waals surface area contributed by atoms with Crippen LogP contribution in [0.1, 0.15) is 91.4 Å². The van der Waals surface area contributed by atoms with Crippen LogP contribution in [0.25, 0.3) is 0 Å². The predicted octanol–water partition coefficient (Wildman–Crippen LogP) is 5.63. The first-order valence-corrected chi connectivity index (χ1v) is 13.4. The lowest BCUT2D eigenvalue weighted by molar-refractivity contribution is -0.194. The molecule has 0 aromatic carbocycles. The normalized spacial score (nSPS) is 46.2. The molecule has 5 aliphatic rings. The van der Waals surface area contributed by atoms with E-state index in [-0.39, 0.29) is 17.8 Å². The van der Waals surface area contributed by atoms with Crippen LogP contribution in [-0.2, 0) is 9.59 Å². The van der Waals surface area contributed by atoms with Gasteiger partial charge in [-0.3, -0.25) is 4.79 Å². The van der Waals surface area contributed by atoms with Gasteiger partial charge in [0.1, 0.15) is 11.7 Å². The first-order valence-electron chi connectivity index (χ1n) is 13.4. The smallest absolute Gasteiger partial charge is 0.315 e. The fraction of sp³-hybridized carbons (Fsp3) is 0.857. The quantitative estimate of drug-likeness (QED) is 0.396. The van der Waals surface area contributed by atoms with Crippen molar-refractivity contribution in [2.45, 2.75) is 97.5 Å². The maximum atomic E-state index is 13.4. The predicted molar refractivity (Wildman–Crippen MR) is 124 cm³/mol. The van der Waals surface area contributed by atoms with Gasteiger partial charge >= 0.3 is 5.97 Å². The Hall–Kier alpha value is -1.16. The van der Waals surface area contributed by atoms with E-state index in [1.807, 2.05) is 0 Å². The van der Waals surface area contributed by atoms with Crippen molar-refractivity contribution in [1.29, 1.82) is 0 Å². The molecule has 4 nitrogen and oxygen atoms in total. The minimum atomic E-state index is -1.24. The molecule has 0 aromatic rings. The molecule has 0 radical (unpaired) electrons. The lowest BCUT2D eigenvalue weighted by Gasteiger charge is -2.59. The molecule has 4 saturated carbocycles. The Morgan fingerprint density at radius 3 is 2.50 bits per heavy atom. The topological polar surface area (TPSA) is 74.6 Å². The van der Waals surface area contributed by atoms with E-state index in [4.69, 9.17) is 0 Å². The zero-order chi connectivity index (χ0) is 22.9. The summed E-state index contributed by atoms with van der Waals surface area (Å²) in [5.74, 6) is 0.856. The molecule has 32 heavy (non-hydrogen) atoms. The summed E-state index contributed by atoms with van der Waals surface area (Å²) >= 11 is 0. The van der Waals surface area contributed by atoms with Crippen molar-refractivity contribution in [2.24, 2.45) is 51.8 Å². The number of carboxylic acid groups (broad SMARTS) is 1. The molecule has 0 aromatic heterocycles. The van der Waals surface area contributed by atoms with Crippen LogP contribution in [0.4, 0.5) is 0 Å². The number of hydrogen-bond donors (Lipinski definition) is 2. The van der Waals surface area contributed by atoms with Crippen molar-refractivity contribution >= 4 is 12.3 Å². The summed E-state index contributed by atoms with van der Waals surface area (Å²) in [5, 5.41) is 23.0. The number of carboxylic acids is 1. The zero-order valence-corrected chi connectivity index (χ0v) is 20.2. The maximum absolute atomic E-state index is 13.4. The summed E-state index contributed by atoms with van der Waals surface area (Å²) in [7, 11) is 0. The molecule has 4 heteroatoms. The average Bonchev–Trinajstić information content (AvgIpc) is 3.36. The summed E-state index contributed by atoms with van der Waals surface area (Å²) < 4.78 is 0. The third-order valence-corrected chi connectivity index (χ3v) is 11.2. The van der Waals surface area contributed by atoms with E-state index in [1.165, 1.54) is 32.1 Å². The summed E-state index contributed by atoms with van der Waals surface area (Å²) in [6.45, 7) is 6.42. The third kappa shape index (κ3) is 2.54. The molecule has 4 bridgehead atoms. The first-order chi connectivity index (χ1) is 15.3. The van der Waals surface area contributed by atoms with Crippen LogP contribution in [0, 0.1) is 51.8 Å². The number of carbonyl (C=O) groups excluding carboxylic acids is 1. The third-order valence-electron chi connectivity index (χ3n) is 11.2. The summed E-state index contributed by atoms with van der Waals surface area (Å²) in [5.41, 5.74) is -1.90. The molecule has 2 N–H and O–H groups in total. The van der Waals surface area contributed by atoms with Gasteiger partial charge in [0.05, 0.1) is 11.5 Å². The highest BCUT2D eigenvalue weighted by Crippen LogP contribution is 2.83. The molecule has 0 heterocycles. The number of aliphatic carboxylic acids is 1. The van der Waals surface area contributed by atoms with Crippen LogP contribution < -0.4 is 0 Å². The highest BCUT2D eigenvalue weighted by Gasteiger charge is 2.85. The number of allylic oxidation sites excluding steroid dienone is 1. The maximum Gasteiger partial charge on any atom is 0.315 e. The summed E-state index contributed by atoms with van der Waals surface area (Å²) in [6.07, 6.45) is 14.0. The SMILES string of the molecule is CC(C)C1=CC2CC3(C=O)[C@@H]4CC[C@@H](C)[C@H]4CC2(C(O)CCC2CCCCC2)[C@]13C(=O)O. The van der Waals surface area contributed by atoms with Crippen LogP contribution in [0.15, 0.2) is 11.6 Å². The minimum absolute atomic E-state index is 0.000329. The fourth-order valence-corrected chi connectivity index (χ4v) is 10.0. The molecule has 5 aliphatic carbocycles. The van der Waals surface area contributed by atoms with Gasteiger partial charge in [0.15, 0.2) is 0 Å². The van der Waals surface area contributed by atoms with Gasteiger partial charge in [0.2, 0.25) is 0 Å². The fourth-order valence-electron chi connectivity index (χ4n) is 10.0. The number of aliphatic hydroxyl groups excluding tert-OH is 1. The van der Waals surface area contributed by atoms with Gasteiger partial charge in [0, 0.05) is 5.41 Å². The van der Waals surface area contributed by atoms with E-state index in [0.29, 0.717) is 30.6 Å². The van der Waals surface area contributed by atoms with Crippen molar-refractivity contribution in [1.82, 2.24) is 0 Å². The number of rotatable bonds is 7. The average molecular weight is 443 g/mol. The van der Waals surface area contributed by atoms with E-state index in [9.17, 15) is 19.8 Å². The largest absolute Gasteiger partial charge is 0.481 e. The van der Waals surface area contributed by atoms with Crippen LogP contribution in [0.5, 0.6) is 0 Å². The molecule has 0 aliphatic heterocycles. The molecule has 4 fully saturated rings. The van der Waals surface area contributed by atoms with Crippen LogP contribution in [0.2, 0.25) is 0 Å². The van der Waals surface area contributed by atoms with Gasteiger partial charge < -0.3 is 15.0 Å². The lowest BCUT2D eigenvalue weighted by Crippen LogP contribution is -2.65. The Bertz CT molecular complexity index is 810. The summed E-state index contributed by atoms with van der Waals surface area (Å²) in [6, 6.07) is 0.